The molecule has 0 unspecified atom stereocenters. The second-order valence-electron chi connectivity index (χ2n) is 7.64. The van der Waals surface area contributed by atoms with Gasteiger partial charge in [-0.25, -0.2) is 9.59 Å². The van der Waals surface area contributed by atoms with Gasteiger partial charge < -0.3 is 20.1 Å². The number of rotatable bonds is 8. The van der Waals surface area contributed by atoms with E-state index in [1.165, 1.54) is 0 Å². The van der Waals surface area contributed by atoms with E-state index >= 15 is 0 Å². The molecule has 0 spiro atoms. The van der Waals surface area contributed by atoms with Gasteiger partial charge in [-0.15, -0.1) is 0 Å². The van der Waals surface area contributed by atoms with E-state index in [9.17, 15) is 9.59 Å². The minimum Gasteiger partial charge on any atom is -0.458 e. The van der Waals surface area contributed by atoms with Gasteiger partial charge in [-0.3, -0.25) is 0 Å². The summed E-state index contributed by atoms with van der Waals surface area (Å²) in [6.07, 6.45) is -0.705. The van der Waals surface area contributed by atoms with Gasteiger partial charge in [0.15, 0.2) is 11.4 Å². The third kappa shape index (κ3) is 6.95. The average Bonchev–Trinajstić information content (AvgIpc) is 2.66. The molecule has 2 aromatic carbocycles. The average molecular weight is 411 g/mol. The lowest BCUT2D eigenvalue weighted by molar-refractivity contribution is -0.145. The molecule has 0 amide bonds. The highest BCUT2D eigenvalue weighted by molar-refractivity contribution is 6.04. The molecule has 6 nitrogen and oxygen atoms in total. The molecule has 0 radical (unpaired) electrons. The van der Waals surface area contributed by atoms with Gasteiger partial charge in [0.25, 0.3) is 0 Å². The Labute approximate surface area is 178 Å². The zero-order valence-corrected chi connectivity index (χ0v) is 18.4. The summed E-state index contributed by atoms with van der Waals surface area (Å²) in [6, 6.07) is 15.0. The number of anilines is 2. The molecule has 0 bridgehead atoms. The largest absolute Gasteiger partial charge is 0.458 e. The zero-order chi connectivity index (χ0) is 22.3. The lowest BCUT2D eigenvalue weighted by atomic mass is 10.2. The Morgan fingerprint density at radius 3 is 1.20 bits per heavy atom. The first-order valence-electron chi connectivity index (χ1n) is 9.99. The van der Waals surface area contributed by atoms with Crippen LogP contribution in [0.1, 0.15) is 38.8 Å². The maximum Gasteiger partial charge on any atom is 0.357 e. The summed E-state index contributed by atoms with van der Waals surface area (Å²) in [5, 5.41) is 6.08. The minimum absolute atomic E-state index is 0.0150. The molecule has 0 aliphatic carbocycles. The van der Waals surface area contributed by atoms with E-state index in [0.29, 0.717) is 11.4 Å². The standard InChI is InChI=1S/C24H30N2O4/c1-15(2)29-23(27)21(25-19-11-7-17(5)8-12-19)22(24(28)30-16(3)4)26-20-13-9-18(6)10-14-20/h7-16,25-26H,1-6H3/b22-21-. The summed E-state index contributed by atoms with van der Waals surface area (Å²) in [4.78, 5) is 25.8. The lowest BCUT2D eigenvalue weighted by Crippen LogP contribution is -2.28. The number of esters is 2. The van der Waals surface area contributed by atoms with E-state index in [-0.39, 0.29) is 23.6 Å². The van der Waals surface area contributed by atoms with E-state index in [4.69, 9.17) is 9.47 Å². The predicted molar refractivity (Wildman–Crippen MR) is 119 cm³/mol. The first-order chi connectivity index (χ1) is 14.2. The van der Waals surface area contributed by atoms with Gasteiger partial charge in [-0.2, -0.15) is 0 Å². The number of hydrogen-bond donors (Lipinski definition) is 2. The van der Waals surface area contributed by atoms with Crippen molar-refractivity contribution in [2.45, 2.75) is 53.8 Å². The smallest absolute Gasteiger partial charge is 0.357 e. The predicted octanol–water partition coefficient (Wildman–Crippen LogP) is 4.94. The number of carbonyl (C=O) groups is 2. The van der Waals surface area contributed by atoms with Crippen molar-refractivity contribution in [1.29, 1.82) is 0 Å². The highest BCUT2D eigenvalue weighted by Crippen LogP contribution is 2.20. The number of ether oxygens (including phenoxy) is 2. The molecule has 0 aliphatic heterocycles. The van der Waals surface area contributed by atoms with Crippen LogP contribution >= 0.6 is 0 Å². The van der Waals surface area contributed by atoms with Gasteiger partial charge in [-0.05, 0) is 65.8 Å². The van der Waals surface area contributed by atoms with E-state index in [1.807, 2.05) is 62.4 Å². The monoisotopic (exact) mass is 410 g/mol. The fourth-order valence-corrected chi connectivity index (χ4v) is 2.54. The van der Waals surface area contributed by atoms with Crippen molar-refractivity contribution in [2.24, 2.45) is 0 Å². The maximum absolute atomic E-state index is 12.9. The first kappa shape index (κ1) is 23.0. The van der Waals surface area contributed by atoms with Crippen molar-refractivity contribution in [3.8, 4) is 0 Å². The van der Waals surface area contributed by atoms with Gasteiger partial charge in [0.05, 0.1) is 12.2 Å². The van der Waals surface area contributed by atoms with Crippen molar-refractivity contribution in [3.05, 3.63) is 71.1 Å². The lowest BCUT2D eigenvalue weighted by Gasteiger charge is -2.19. The van der Waals surface area contributed by atoms with E-state index in [1.54, 1.807) is 27.7 Å². The highest BCUT2D eigenvalue weighted by Gasteiger charge is 2.26. The molecule has 160 valence electrons. The Hall–Kier alpha value is -3.28. The van der Waals surface area contributed by atoms with Crippen molar-refractivity contribution in [1.82, 2.24) is 0 Å². The Bertz CT molecular complexity index is 822. The van der Waals surface area contributed by atoms with Crippen LogP contribution in [0, 0.1) is 13.8 Å². The van der Waals surface area contributed by atoms with Crippen LogP contribution in [-0.2, 0) is 19.1 Å². The fraction of sp³-hybridized carbons (Fsp3) is 0.333. The molecule has 0 atom stereocenters. The summed E-state index contributed by atoms with van der Waals surface area (Å²) in [5.74, 6) is -1.30. The van der Waals surface area contributed by atoms with E-state index < -0.39 is 11.9 Å². The summed E-state index contributed by atoms with van der Waals surface area (Å²) >= 11 is 0. The SMILES string of the molecule is Cc1ccc(N/C(C(=O)OC(C)C)=C(\Nc2ccc(C)cc2)C(=O)OC(C)C)cc1. The molecule has 30 heavy (non-hydrogen) atoms. The topological polar surface area (TPSA) is 76.7 Å². The van der Waals surface area contributed by atoms with Crippen molar-refractivity contribution in [2.75, 3.05) is 10.6 Å². The quantitative estimate of drug-likeness (QED) is 0.474. The van der Waals surface area contributed by atoms with Crippen LogP contribution in [0.2, 0.25) is 0 Å². The van der Waals surface area contributed by atoms with Gasteiger partial charge in [0, 0.05) is 11.4 Å². The number of carbonyl (C=O) groups excluding carboxylic acids is 2. The molecular formula is C24H30N2O4. The Balaban J connectivity index is 2.54. The molecule has 0 fully saturated rings. The fourth-order valence-electron chi connectivity index (χ4n) is 2.54. The molecule has 2 N–H and O–H groups in total. The summed E-state index contributed by atoms with van der Waals surface area (Å²) in [6.45, 7) is 10.9. The first-order valence-corrected chi connectivity index (χ1v) is 9.99. The molecule has 0 saturated carbocycles. The van der Waals surface area contributed by atoms with E-state index in [0.717, 1.165) is 11.1 Å². The number of hydrogen-bond acceptors (Lipinski definition) is 6. The second kappa shape index (κ2) is 10.5. The Kier molecular flexibility index (Phi) is 8.04. The third-order valence-corrected chi connectivity index (χ3v) is 3.99. The number of aryl methyl sites for hydroxylation is 2. The normalized spacial score (nSPS) is 11.7. The molecule has 2 aromatic rings. The Morgan fingerprint density at radius 2 is 0.933 bits per heavy atom. The third-order valence-electron chi connectivity index (χ3n) is 3.99. The minimum atomic E-state index is -0.652. The van der Waals surface area contributed by atoms with Crippen LogP contribution in [0.4, 0.5) is 11.4 Å². The highest BCUT2D eigenvalue weighted by atomic mass is 16.5. The molecule has 0 saturated heterocycles. The Morgan fingerprint density at radius 1 is 0.633 bits per heavy atom. The van der Waals surface area contributed by atoms with Gasteiger partial charge in [0.1, 0.15) is 0 Å². The number of nitrogens with one attached hydrogen (secondary N) is 2. The van der Waals surface area contributed by atoms with Gasteiger partial charge >= 0.3 is 11.9 Å². The van der Waals surface area contributed by atoms with Crippen LogP contribution in [0.3, 0.4) is 0 Å². The zero-order valence-electron chi connectivity index (χ0n) is 18.4. The summed E-state index contributed by atoms with van der Waals surface area (Å²) < 4.78 is 10.8. The second-order valence-corrected chi connectivity index (χ2v) is 7.64. The summed E-state index contributed by atoms with van der Waals surface area (Å²) in [5.41, 5.74) is 3.42. The van der Waals surface area contributed by atoms with Crippen LogP contribution in [0.25, 0.3) is 0 Å². The molecule has 6 heteroatoms. The molecule has 2 rings (SSSR count). The van der Waals surface area contributed by atoms with Crippen LogP contribution in [-0.4, -0.2) is 24.1 Å². The number of benzene rings is 2. The molecule has 0 aliphatic rings. The van der Waals surface area contributed by atoms with Gasteiger partial charge in [0.2, 0.25) is 0 Å². The maximum atomic E-state index is 12.9. The molecule has 0 aromatic heterocycles. The molecule has 0 heterocycles. The van der Waals surface area contributed by atoms with Crippen molar-refractivity contribution >= 4 is 23.3 Å². The van der Waals surface area contributed by atoms with Gasteiger partial charge in [-0.1, -0.05) is 35.4 Å². The molecular weight excluding hydrogens is 380 g/mol. The van der Waals surface area contributed by atoms with Crippen molar-refractivity contribution < 1.29 is 19.1 Å². The van der Waals surface area contributed by atoms with Crippen LogP contribution in [0.15, 0.2) is 59.9 Å². The van der Waals surface area contributed by atoms with Crippen molar-refractivity contribution in [3.63, 3.8) is 0 Å². The van der Waals surface area contributed by atoms with E-state index in [2.05, 4.69) is 10.6 Å². The summed E-state index contributed by atoms with van der Waals surface area (Å²) in [7, 11) is 0. The van der Waals surface area contributed by atoms with Crippen LogP contribution in [0.5, 0.6) is 0 Å². The van der Waals surface area contributed by atoms with Crippen LogP contribution < -0.4 is 10.6 Å².